The van der Waals surface area contributed by atoms with Crippen LogP contribution in [0.4, 0.5) is 0 Å². The Morgan fingerprint density at radius 1 is 1.60 bits per heavy atom. The number of terminal acetylenes is 1. The van der Waals surface area contributed by atoms with E-state index in [1.54, 1.807) is 6.08 Å². The zero-order chi connectivity index (χ0) is 11.3. The van der Waals surface area contributed by atoms with Gasteiger partial charge in [0, 0.05) is 12.5 Å². The van der Waals surface area contributed by atoms with Crippen molar-refractivity contribution in [2.75, 3.05) is 0 Å². The standard InChI is InChI=1S/C13H12O2/c1-3-5-12-10(2)6-4-7-11(12)8-9-13(14)15/h1,4,6-9H,5H2,2H3,(H,14,15)/b9-8+. The first-order chi connectivity index (χ1) is 7.15. The van der Waals surface area contributed by atoms with Crippen LogP contribution in [0.3, 0.4) is 0 Å². The number of rotatable bonds is 3. The predicted octanol–water partition coefficient (Wildman–Crippen LogP) is 2.27. The van der Waals surface area contributed by atoms with Gasteiger partial charge in [0.25, 0.3) is 0 Å². The Labute approximate surface area is 89.3 Å². The van der Waals surface area contributed by atoms with Crippen LogP contribution in [0.25, 0.3) is 6.08 Å². The lowest BCUT2D eigenvalue weighted by Crippen LogP contribution is -1.93. The van der Waals surface area contributed by atoms with E-state index in [0.29, 0.717) is 6.42 Å². The molecule has 0 saturated carbocycles. The van der Waals surface area contributed by atoms with E-state index in [4.69, 9.17) is 11.5 Å². The maximum Gasteiger partial charge on any atom is 0.328 e. The molecule has 0 aliphatic rings. The van der Waals surface area contributed by atoms with Crippen molar-refractivity contribution >= 4 is 12.0 Å². The van der Waals surface area contributed by atoms with Crippen LogP contribution in [0, 0.1) is 19.3 Å². The molecule has 0 heterocycles. The summed E-state index contributed by atoms with van der Waals surface area (Å²) in [5.74, 6) is 1.62. The second-order valence-corrected chi connectivity index (χ2v) is 3.20. The van der Waals surface area contributed by atoms with Gasteiger partial charge in [-0.25, -0.2) is 4.79 Å². The molecule has 0 unspecified atom stereocenters. The molecule has 0 spiro atoms. The van der Waals surface area contributed by atoms with Gasteiger partial charge < -0.3 is 5.11 Å². The maximum absolute atomic E-state index is 10.4. The van der Waals surface area contributed by atoms with Gasteiger partial charge in [-0.1, -0.05) is 18.2 Å². The van der Waals surface area contributed by atoms with E-state index in [2.05, 4.69) is 5.92 Å². The number of aliphatic carboxylic acids is 1. The molecule has 0 atom stereocenters. The normalized spacial score (nSPS) is 10.1. The maximum atomic E-state index is 10.4. The van der Waals surface area contributed by atoms with Gasteiger partial charge in [-0.15, -0.1) is 12.3 Å². The fourth-order valence-electron chi connectivity index (χ4n) is 1.39. The molecule has 1 N–H and O–H groups in total. The lowest BCUT2D eigenvalue weighted by molar-refractivity contribution is -0.131. The van der Waals surface area contributed by atoms with Gasteiger partial charge >= 0.3 is 5.97 Å². The van der Waals surface area contributed by atoms with Crippen LogP contribution in [0.15, 0.2) is 24.3 Å². The van der Waals surface area contributed by atoms with E-state index in [9.17, 15) is 4.79 Å². The zero-order valence-corrected chi connectivity index (χ0v) is 8.53. The number of aryl methyl sites for hydroxylation is 1. The largest absolute Gasteiger partial charge is 0.478 e. The van der Waals surface area contributed by atoms with Crippen LogP contribution in [0.1, 0.15) is 16.7 Å². The number of hydrogen-bond donors (Lipinski definition) is 1. The highest BCUT2D eigenvalue weighted by molar-refractivity contribution is 5.85. The van der Waals surface area contributed by atoms with Crippen LogP contribution in [-0.2, 0) is 11.2 Å². The quantitative estimate of drug-likeness (QED) is 0.600. The van der Waals surface area contributed by atoms with Crippen molar-refractivity contribution in [3.8, 4) is 12.3 Å². The average molecular weight is 200 g/mol. The number of carboxylic acid groups (broad SMARTS) is 1. The zero-order valence-electron chi connectivity index (χ0n) is 8.53. The summed E-state index contributed by atoms with van der Waals surface area (Å²) in [4.78, 5) is 10.4. The van der Waals surface area contributed by atoms with Crippen LogP contribution in [0.2, 0.25) is 0 Å². The minimum atomic E-state index is -0.955. The first-order valence-electron chi connectivity index (χ1n) is 4.58. The van der Waals surface area contributed by atoms with Crippen molar-refractivity contribution in [1.82, 2.24) is 0 Å². The number of benzene rings is 1. The summed E-state index contributed by atoms with van der Waals surface area (Å²) >= 11 is 0. The van der Waals surface area contributed by atoms with Crippen LogP contribution >= 0.6 is 0 Å². The third-order valence-electron chi connectivity index (χ3n) is 2.13. The Bertz CT molecular complexity index is 436. The molecule has 0 fully saturated rings. The first-order valence-corrected chi connectivity index (χ1v) is 4.58. The van der Waals surface area contributed by atoms with Crippen molar-refractivity contribution in [1.29, 1.82) is 0 Å². The molecule has 0 aromatic heterocycles. The molecule has 0 amide bonds. The Balaban J connectivity index is 3.12. The van der Waals surface area contributed by atoms with Gasteiger partial charge in [-0.2, -0.15) is 0 Å². The topological polar surface area (TPSA) is 37.3 Å². The van der Waals surface area contributed by atoms with Crippen molar-refractivity contribution in [2.45, 2.75) is 13.3 Å². The van der Waals surface area contributed by atoms with Crippen LogP contribution in [0.5, 0.6) is 0 Å². The van der Waals surface area contributed by atoms with Gasteiger partial charge in [0.2, 0.25) is 0 Å². The van der Waals surface area contributed by atoms with Gasteiger partial charge in [0.05, 0.1) is 0 Å². The minimum Gasteiger partial charge on any atom is -0.478 e. The molecule has 15 heavy (non-hydrogen) atoms. The van der Waals surface area contributed by atoms with Gasteiger partial charge in [0.1, 0.15) is 0 Å². The third kappa shape index (κ3) is 2.99. The van der Waals surface area contributed by atoms with Crippen molar-refractivity contribution < 1.29 is 9.90 Å². The highest BCUT2D eigenvalue weighted by atomic mass is 16.4. The SMILES string of the molecule is C#CCc1c(C)cccc1/C=C/C(=O)O. The van der Waals surface area contributed by atoms with E-state index in [1.165, 1.54) is 0 Å². The number of carbonyl (C=O) groups is 1. The lowest BCUT2D eigenvalue weighted by atomic mass is 9.99. The highest BCUT2D eigenvalue weighted by Crippen LogP contribution is 2.16. The number of carboxylic acids is 1. The molecular weight excluding hydrogens is 188 g/mol. The second kappa shape index (κ2) is 5.02. The summed E-state index contributed by atoms with van der Waals surface area (Å²) in [5.41, 5.74) is 2.97. The predicted molar refractivity (Wildman–Crippen MR) is 60.4 cm³/mol. The van der Waals surface area contributed by atoms with Gasteiger partial charge in [-0.3, -0.25) is 0 Å². The molecular formula is C13H12O2. The van der Waals surface area contributed by atoms with E-state index >= 15 is 0 Å². The van der Waals surface area contributed by atoms with E-state index in [-0.39, 0.29) is 0 Å². The molecule has 2 nitrogen and oxygen atoms in total. The molecule has 0 aliphatic carbocycles. The van der Waals surface area contributed by atoms with Gasteiger partial charge in [-0.05, 0) is 29.7 Å². The summed E-state index contributed by atoms with van der Waals surface area (Å²) in [5, 5.41) is 8.54. The van der Waals surface area contributed by atoms with E-state index in [0.717, 1.165) is 22.8 Å². The Morgan fingerprint density at radius 3 is 2.93 bits per heavy atom. The second-order valence-electron chi connectivity index (χ2n) is 3.20. The van der Waals surface area contributed by atoms with Crippen molar-refractivity contribution in [2.24, 2.45) is 0 Å². The van der Waals surface area contributed by atoms with Crippen LogP contribution in [-0.4, -0.2) is 11.1 Å². The molecule has 1 aromatic rings. The molecule has 0 radical (unpaired) electrons. The molecule has 1 aromatic carbocycles. The summed E-state index contributed by atoms with van der Waals surface area (Å²) in [6.07, 6.45) is 8.47. The minimum absolute atomic E-state index is 0.520. The molecule has 2 heteroatoms. The first kappa shape index (κ1) is 11.1. The smallest absolute Gasteiger partial charge is 0.328 e. The Kier molecular flexibility index (Phi) is 3.70. The summed E-state index contributed by atoms with van der Waals surface area (Å²) < 4.78 is 0. The van der Waals surface area contributed by atoms with E-state index < -0.39 is 5.97 Å². The number of hydrogen-bond acceptors (Lipinski definition) is 1. The third-order valence-corrected chi connectivity index (χ3v) is 2.13. The Hall–Kier alpha value is -2.01. The molecule has 0 bridgehead atoms. The monoisotopic (exact) mass is 200 g/mol. The van der Waals surface area contributed by atoms with Gasteiger partial charge in [0.15, 0.2) is 0 Å². The highest BCUT2D eigenvalue weighted by Gasteiger charge is 2.01. The van der Waals surface area contributed by atoms with E-state index in [1.807, 2.05) is 25.1 Å². The summed E-state index contributed by atoms with van der Waals surface area (Å²) in [7, 11) is 0. The van der Waals surface area contributed by atoms with Crippen molar-refractivity contribution in [3.63, 3.8) is 0 Å². The molecule has 76 valence electrons. The fraction of sp³-hybridized carbons (Fsp3) is 0.154. The molecule has 1 rings (SSSR count). The van der Waals surface area contributed by atoms with Crippen LogP contribution < -0.4 is 0 Å². The fourth-order valence-corrected chi connectivity index (χ4v) is 1.39. The lowest BCUT2D eigenvalue weighted by Gasteiger charge is -2.05. The summed E-state index contributed by atoms with van der Waals surface area (Å²) in [6.45, 7) is 1.96. The summed E-state index contributed by atoms with van der Waals surface area (Å²) in [6, 6.07) is 5.71. The van der Waals surface area contributed by atoms with Crippen molar-refractivity contribution in [3.05, 3.63) is 41.0 Å². The average Bonchev–Trinajstić information content (AvgIpc) is 2.19. The molecule has 0 aliphatic heterocycles. The Morgan fingerprint density at radius 2 is 2.33 bits per heavy atom. The molecule has 0 saturated heterocycles.